The Hall–Kier alpha value is -1.13. The van der Waals surface area contributed by atoms with Gasteiger partial charge in [0.1, 0.15) is 0 Å². The molecule has 1 aliphatic heterocycles. The van der Waals surface area contributed by atoms with Crippen LogP contribution in [0.3, 0.4) is 0 Å². The Morgan fingerprint density at radius 3 is 3.07 bits per heavy atom. The maximum Gasteiger partial charge on any atom is 0.0716 e. The Morgan fingerprint density at radius 2 is 2.33 bits per heavy atom. The number of hydrogen-bond acceptors (Lipinski definition) is 4. The molecule has 82 valence electrons. The second-order valence-electron chi connectivity index (χ2n) is 3.65. The zero-order valence-electron chi connectivity index (χ0n) is 8.78. The third-order valence-corrected chi connectivity index (χ3v) is 2.48. The molecule has 2 heterocycles. The van der Waals surface area contributed by atoms with E-state index in [0.717, 1.165) is 38.3 Å². The molecule has 0 amide bonds. The minimum absolute atomic E-state index is 0.355. The fourth-order valence-corrected chi connectivity index (χ4v) is 1.65. The van der Waals surface area contributed by atoms with Gasteiger partial charge in [-0.3, -0.25) is 4.98 Å². The molecule has 2 N–H and O–H groups in total. The van der Waals surface area contributed by atoms with E-state index in [2.05, 4.69) is 15.6 Å². The van der Waals surface area contributed by atoms with E-state index in [9.17, 15) is 0 Å². The normalized spacial score (nSPS) is 21.2. The minimum atomic E-state index is 0.355. The van der Waals surface area contributed by atoms with Crippen molar-refractivity contribution in [3.63, 3.8) is 0 Å². The molecular formula is C11H17N3O. The van der Waals surface area contributed by atoms with Crippen LogP contribution in [0.2, 0.25) is 0 Å². The second kappa shape index (κ2) is 5.68. The molecule has 0 radical (unpaired) electrons. The number of anilines is 1. The van der Waals surface area contributed by atoms with Crippen molar-refractivity contribution < 1.29 is 4.74 Å². The third-order valence-electron chi connectivity index (χ3n) is 2.48. The molecule has 0 bridgehead atoms. The summed E-state index contributed by atoms with van der Waals surface area (Å²) in [5.41, 5.74) is 1.12. The molecule has 2 rings (SSSR count). The van der Waals surface area contributed by atoms with Gasteiger partial charge in [0.05, 0.1) is 12.7 Å². The van der Waals surface area contributed by atoms with Crippen molar-refractivity contribution in [1.82, 2.24) is 10.3 Å². The van der Waals surface area contributed by atoms with Crippen LogP contribution in [-0.4, -0.2) is 37.3 Å². The van der Waals surface area contributed by atoms with E-state index in [0.29, 0.717) is 6.10 Å². The van der Waals surface area contributed by atoms with Gasteiger partial charge in [-0.1, -0.05) is 0 Å². The Kier molecular flexibility index (Phi) is 3.93. The SMILES string of the molecule is c1cc(NCCC2CNCCO2)ccn1. The first-order chi connectivity index (χ1) is 7.45. The molecule has 1 aliphatic rings. The van der Waals surface area contributed by atoms with Gasteiger partial charge in [0.25, 0.3) is 0 Å². The molecule has 1 aromatic rings. The molecule has 4 heteroatoms. The number of ether oxygens (including phenoxy) is 1. The minimum Gasteiger partial charge on any atom is -0.385 e. The predicted octanol–water partition coefficient (Wildman–Crippen LogP) is 0.872. The van der Waals surface area contributed by atoms with Gasteiger partial charge in [-0.25, -0.2) is 0 Å². The van der Waals surface area contributed by atoms with Gasteiger partial charge in [-0.05, 0) is 18.6 Å². The predicted molar refractivity (Wildman–Crippen MR) is 60.0 cm³/mol. The van der Waals surface area contributed by atoms with E-state index >= 15 is 0 Å². The standard InChI is InChI=1S/C11H17N3O/c1-4-12-5-2-10(1)14-6-3-11-9-13-7-8-15-11/h1-2,4-5,11,13H,3,6-9H2,(H,12,14). The summed E-state index contributed by atoms with van der Waals surface area (Å²) < 4.78 is 5.60. The van der Waals surface area contributed by atoms with Gasteiger partial charge in [-0.2, -0.15) is 0 Å². The Labute approximate surface area is 90.0 Å². The highest BCUT2D eigenvalue weighted by molar-refractivity contribution is 5.40. The Bertz CT molecular complexity index is 272. The van der Waals surface area contributed by atoms with Gasteiger partial charge in [-0.15, -0.1) is 0 Å². The molecule has 15 heavy (non-hydrogen) atoms. The van der Waals surface area contributed by atoms with Crippen LogP contribution in [0.15, 0.2) is 24.5 Å². The first kappa shape index (κ1) is 10.4. The number of aromatic nitrogens is 1. The molecular weight excluding hydrogens is 190 g/mol. The van der Waals surface area contributed by atoms with Crippen LogP contribution >= 0.6 is 0 Å². The van der Waals surface area contributed by atoms with Crippen LogP contribution in [-0.2, 0) is 4.74 Å². The molecule has 0 aliphatic carbocycles. The van der Waals surface area contributed by atoms with Crippen LogP contribution < -0.4 is 10.6 Å². The van der Waals surface area contributed by atoms with Crippen LogP contribution in [0.5, 0.6) is 0 Å². The highest BCUT2D eigenvalue weighted by atomic mass is 16.5. The lowest BCUT2D eigenvalue weighted by molar-refractivity contribution is 0.0258. The largest absolute Gasteiger partial charge is 0.385 e. The van der Waals surface area contributed by atoms with Crippen molar-refractivity contribution in [2.45, 2.75) is 12.5 Å². The van der Waals surface area contributed by atoms with Gasteiger partial charge in [0.15, 0.2) is 0 Å². The first-order valence-electron chi connectivity index (χ1n) is 5.41. The van der Waals surface area contributed by atoms with E-state index in [-0.39, 0.29) is 0 Å². The molecule has 1 atom stereocenters. The van der Waals surface area contributed by atoms with Crippen molar-refractivity contribution in [1.29, 1.82) is 0 Å². The van der Waals surface area contributed by atoms with Gasteiger partial charge >= 0.3 is 0 Å². The van der Waals surface area contributed by atoms with Crippen molar-refractivity contribution in [2.75, 3.05) is 31.6 Å². The summed E-state index contributed by atoms with van der Waals surface area (Å²) in [5.74, 6) is 0. The summed E-state index contributed by atoms with van der Waals surface area (Å²) in [6, 6.07) is 3.94. The highest BCUT2D eigenvalue weighted by Crippen LogP contribution is 2.05. The second-order valence-corrected chi connectivity index (χ2v) is 3.65. The number of hydrogen-bond donors (Lipinski definition) is 2. The van der Waals surface area contributed by atoms with Crippen molar-refractivity contribution in [2.24, 2.45) is 0 Å². The average Bonchev–Trinajstić information content (AvgIpc) is 2.32. The molecule has 1 aromatic heterocycles. The molecule has 1 saturated heterocycles. The number of morpholine rings is 1. The summed E-state index contributed by atoms with van der Waals surface area (Å²) in [4.78, 5) is 3.97. The fourth-order valence-electron chi connectivity index (χ4n) is 1.65. The number of rotatable bonds is 4. The first-order valence-corrected chi connectivity index (χ1v) is 5.41. The lowest BCUT2D eigenvalue weighted by Gasteiger charge is -2.23. The smallest absolute Gasteiger partial charge is 0.0716 e. The molecule has 1 unspecified atom stereocenters. The van der Waals surface area contributed by atoms with E-state index in [4.69, 9.17) is 4.74 Å². The maximum absolute atomic E-state index is 5.60. The van der Waals surface area contributed by atoms with Crippen molar-refractivity contribution >= 4 is 5.69 Å². The third kappa shape index (κ3) is 3.49. The lowest BCUT2D eigenvalue weighted by Crippen LogP contribution is -2.39. The maximum atomic E-state index is 5.60. The lowest BCUT2D eigenvalue weighted by atomic mass is 10.2. The number of nitrogens with zero attached hydrogens (tertiary/aromatic N) is 1. The van der Waals surface area contributed by atoms with Crippen molar-refractivity contribution in [3.8, 4) is 0 Å². The highest BCUT2D eigenvalue weighted by Gasteiger charge is 2.12. The van der Waals surface area contributed by atoms with E-state index in [1.807, 2.05) is 12.1 Å². The zero-order valence-corrected chi connectivity index (χ0v) is 8.78. The van der Waals surface area contributed by atoms with E-state index < -0.39 is 0 Å². The summed E-state index contributed by atoms with van der Waals surface area (Å²) in [6.45, 7) is 3.72. The van der Waals surface area contributed by atoms with Gasteiger partial charge in [0, 0.05) is 37.7 Å². The quantitative estimate of drug-likeness (QED) is 0.769. The summed E-state index contributed by atoms with van der Waals surface area (Å²) in [6.07, 6.45) is 4.98. The summed E-state index contributed by atoms with van der Waals surface area (Å²) in [7, 11) is 0. The van der Waals surface area contributed by atoms with Gasteiger partial charge in [0.2, 0.25) is 0 Å². The summed E-state index contributed by atoms with van der Waals surface area (Å²) >= 11 is 0. The van der Waals surface area contributed by atoms with Crippen LogP contribution in [0.1, 0.15) is 6.42 Å². The molecule has 4 nitrogen and oxygen atoms in total. The van der Waals surface area contributed by atoms with E-state index in [1.54, 1.807) is 12.4 Å². The molecule has 0 saturated carbocycles. The molecule has 0 spiro atoms. The number of pyridine rings is 1. The topological polar surface area (TPSA) is 46.2 Å². The molecule has 0 aromatic carbocycles. The Balaban J connectivity index is 1.66. The van der Waals surface area contributed by atoms with Crippen LogP contribution in [0.4, 0.5) is 5.69 Å². The van der Waals surface area contributed by atoms with Gasteiger partial charge < -0.3 is 15.4 Å². The average molecular weight is 207 g/mol. The van der Waals surface area contributed by atoms with Crippen LogP contribution in [0.25, 0.3) is 0 Å². The fraction of sp³-hybridized carbons (Fsp3) is 0.545. The Morgan fingerprint density at radius 1 is 1.47 bits per heavy atom. The van der Waals surface area contributed by atoms with Crippen LogP contribution in [0, 0.1) is 0 Å². The number of nitrogens with one attached hydrogen (secondary N) is 2. The monoisotopic (exact) mass is 207 g/mol. The van der Waals surface area contributed by atoms with E-state index in [1.165, 1.54) is 0 Å². The molecule has 1 fully saturated rings. The van der Waals surface area contributed by atoms with Crippen molar-refractivity contribution in [3.05, 3.63) is 24.5 Å². The summed E-state index contributed by atoms with van der Waals surface area (Å²) in [5, 5.41) is 6.66. The zero-order chi connectivity index (χ0) is 10.3.